The molecule has 2 heteroatoms. The monoisotopic (exact) mass is 224 g/mol. The average Bonchev–Trinajstić information content (AvgIpc) is 3.04. The third-order valence-electron chi connectivity index (χ3n) is 4.75. The Labute approximate surface area is 100 Å². The molecule has 0 spiro atoms. The van der Waals surface area contributed by atoms with Crippen LogP contribution in [-0.4, -0.2) is 19.6 Å². The molecule has 0 atom stereocenters. The molecule has 2 aliphatic rings. The van der Waals surface area contributed by atoms with Crippen LogP contribution in [0.1, 0.15) is 58.3 Å². The fourth-order valence-electron chi connectivity index (χ4n) is 2.95. The van der Waals surface area contributed by atoms with Gasteiger partial charge in [-0.25, -0.2) is 0 Å². The molecule has 0 aliphatic heterocycles. The summed E-state index contributed by atoms with van der Waals surface area (Å²) in [6, 6.07) is 0. The Hall–Kier alpha value is -0.0800. The van der Waals surface area contributed by atoms with E-state index in [4.69, 9.17) is 5.73 Å². The highest BCUT2D eigenvalue weighted by Crippen LogP contribution is 2.44. The average molecular weight is 224 g/mol. The second-order valence-electron chi connectivity index (χ2n) is 6.53. The second kappa shape index (κ2) is 5.05. The van der Waals surface area contributed by atoms with Crippen LogP contribution in [0.15, 0.2) is 0 Å². The zero-order valence-electron chi connectivity index (χ0n) is 10.9. The Morgan fingerprint density at radius 2 is 1.56 bits per heavy atom. The van der Waals surface area contributed by atoms with Gasteiger partial charge < -0.3 is 11.1 Å². The summed E-state index contributed by atoms with van der Waals surface area (Å²) < 4.78 is 0. The largest absolute Gasteiger partial charge is 0.330 e. The Morgan fingerprint density at radius 3 is 2.06 bits per heavy atom. The van der Waals surface area contributed by atoms with Crippen molar-refractivity contribution < 1.29 is 0 Å². The second-order valence-corrected chi connectivity index (χ2v) is 6.53. The fourth-order valence-corrected chi connectivity index (χ4v) is 2.95. The molecule has 94 valence electrons. The maximum Gasteiger partial charge on any atom is 0.00201 e. The number of hydrogen-bond donors (Lipinski definition) is 2. The highest BCUT2D eigenvalue weighted by molar-refractivity contribution is 4.92. The molecule has 0 saturated heterocycles. The predicted molar refractivity (Wildman–Crippen MR) is 69.4 cm³/mol. The van der Waals surface area contributed by atoms with E-state index >= 15 is 0 Å². The summed E-state index contributed by atoms with van der Waals surface area (Å²) in [6.45, 7) is 5.62. The van der Waals surface area contributed by atoms with Gasteiger partial charge >= 0.3 is 0 Å². The predicted octanol–water partition coefficient (Wildman–Crippen LogP) is 2.68. The van der Waals surface area contributed by atoms with Crippen molar-refractivity contribution in [3.05, 3.63) is 0 Å². The molecule has 0 heterocycles. The number of nitrogens with two attached hydrogens (primary N) is 1. The van der Waals surface area contributed by atoms with Gasteiger partial charge in [0.15, 0.2) is 0 Å². The smallest absolute Gasteiger partial charge is 0.00201 e. The van der Waals surface area contributed by atoms with E-state index in [-0.39, 0.29) is 0 Å². The van der Waals surface area contributed by atoms with Crippen LogP contribution in [0.4, 0.5) is 0 Å². The topological polar surface area (TPSA) is 38.0 Å². The zero-order chi connectivity index (χ0) is 11.5. The molecule has 0 aromatic carbocycles. The summed E-state index contributed by atoms with van der Waals surface area (Å²) in [6.07, 6.45) is 11.1. The molecular weight excluding hydrogens is 196 g/mol. The zero-order valence-corrected chi connectivity index (χ0v) is 10.9. The molecule has 2 rings (SSSR count). The van der Waals surface area contributed by atoms with E-state index in [0.717, 1.165) is 13.1 Å². The van der Waals surface area contributed by atoms with Crippen molar-refractivity contribution in [1.29, 1.82) is 0 Å². The molecule has 0 aromatic rings. The highest BCUT2D eigenvalue weighted by Gasteiger charge is 2.37. The van der Waals surface area contributed by atoms with Crippen LogP contribution in [0.2, 0.25) is 0 Å². The first-order valence-corrected chi connectivity index (χ1v) is 7.09. The minimum Gasteiger partial charge on any atom is -0.330 e. The first kappa shape index (κ1) is 12.4. The van der Waals surface area contributed by atoms with Gasteiger partial charge in [-0.3, -0.25) is 0 Å². The van der Waals surface area contributed by atoms with Crippen molar-refractivity contribution >= 4 is 0 Å². The van der Waals surface area contributed by atoms with Gasteiger partial charge in [-0.1, -0.05) is 32.6 Å². The SMILES string of the molecule is CC1(CNCC2(CN)CCCCCC2)CC1. The van der Waals surface area contributed by atoms with Crippen molar-refractivity contribution in [2.75, 3.05) is 19.6 Å². The van der Waals surface area contributed by atoms with E-state index in [0.29, 0.717) is 10.8 Å². The summed E-state index contributed by atoms with van der Waals surface area (Å²) >= 11 is 0. The lowest BCUT2D eigenvalue weighted by Crippen LogP contribution is -2.41. The van der Waals surface area contributed by atoms with Crippen molar-refractivity contribution in [3.63, 3.8) is 0 Å². The summed E-state index contributed by atoms with van der Waals surface area (Å²) in [5.41, 5.74) is 7.08. The molecule has 2 fully saturated rings. The summed E-state index contributed by atoms with van der Waals surface area (Å²) in [4.78, 5) is 0. The molecule has 0 unspecified atom stereocenters. The minimum atomic E-state index is 0.418. The van der Waals surface area contributed by atoms with Gasteiger partial charge in [0.1, 0.15) is 0 Å². The van der Waals surface area contributed by atoms with Gasteiger partial charge in [-0.05, 0) is 43.1 Å². The van der Waals surface area contributed by atoms with Crippen molar-refractivity contribution in [2.24, 2.45) is 16.6 Å². The Bertz CT molecular complexity index is 213. The first-order valence-electron chi connectivity index (χ1n) is 7.09. The maximum absolute atomic E-state index is 6.03. The van der Waals surface area contributed by atoms with Gasteiger partial charge in [-0.2, -0.15) is 0 Å². The van der Waals surface area contributed by atoms with Crippen LogP contribution in [0.25, 0.3) is 0 Å². The molecule has 2 aliphatic carbocycles. The van der Waals surface area contributed by atoms with Crippen LogP contribution >= 0.6 is 0 Å². The molecule has 0 aromatic heterocycles. The van der Waals surface area contributed by atoms with Gasteiger partial charge in [0.05, 0.1) is 0 Å². The van der Waals surface area contributed by atoms with Crippen LogP contribution in [0.3, 0.4) is 0 Å². The summed E-state index contributed by atoms with van der Waals surface area (Å²) in [7, 11) is 0. The Morgan fingerprint density at radius 1 is 0.938 bits per heavy atom. The van der Waals surface area contributed by atoms with Crippen LogP contribution in [-0.2, 0) is 0 Å². The van der Waals surface area contributed by atoms with E-state index in [1.807, 2.05) is 0 Å². The van der Waals surface area contributed by atoms with E-state index in [1.54, 1.807) is 0 Å². The molecule has 2 nitrogen and oxygen atoms in total. The molecule has 16 heavy (non-hydrogen) atoms. The normalized spacial score (nSPS) is 27.4. The summed E-state index contributed by atoms with van der Waals surface area (Å²) in [5, 5.41) is 3.70. The Kier molecular flexibility index (Phi) is 3.91. The third-order valence-corrected chi connectivity index (χ3v) is 4.75. The quantitative estimate of drug-likeness (QED) is 0.705. The molecule has 0 radical (unpaired) electrons. The first-order chi connectivity index (χ1) is 7.68. The van der Waals surface area contributed by atoms with Crippen LogP contribution in [0, 0.1) is 10.8 Å². The highest BCUT2D eigenvalue weighted by atomic mass is 14.9. The lowest BCUT2D eigenvalue weighted by molar-refractivity contribution is 0.236. The number of nitrogens with one attached hydrogen (secondary N) is 1. The molecule has 0 amide bonds. The van der Waals surface area contributed by atoms with Crippen molar-refractivity contribution in [2.45, 2.75) is 58.3 Å². The molecule has 2 saturated carbocycles. The third kappa shape index (κ3) is 3.21. The van der Waals surface area contributed by atoms with E-state index in [2.05, 4.69) is 12.2 Å². The maximum atomic E-state index is 6.03. The Balaban J connectivity index is 1.77. The number of rotatable bonds is 5. The van der Waals surface area contributed by atoms with Gasteiger partial charge in [0, 0.05) is 13.1 Å². The molecular formula is C14H28N2. The van der Waals surface area contributed by atoms with Gasteiger partial charge in [-0.15, -0.1) is 0 Å². The van der Waals surface area contributed by atoms with E-state index in [1.165, 1.54) is 57.9 Å². The number of hydrogen-bond acceptors (Lipinski definition) is 2. The van der Waals surface area contributed by atoms with E-state index < -0.39 is 0 Å². The van der Waals surface area contributed by atoms with Gasteiger partial charge in [0.25, 0.3) is 0 Å². The van der Waals surface area contributed by atoms with Gasteiger partial charge in [0.2, 0.25) is 0 Å². The molecule has 3 N–H and O–H groups in total. The minimum absolute atomic E-state index is 0.418. The molecule has 0 bridgehead atoms. The van der Waals surface area contributed by atoms with E-state index in [9.17, 15) is 0 Å². The lowest BCUT2D eigenvalue weighted by Gasteiger charge is -2.32. The van der Waals surface area contributed by atoms with Crippen molar-refractivity contribution in [3.8, 4) is 0 Å². The fraction of sp³-hybridized carbons (Fsp3) is 1.00. The summed E-state index contributed by atoms with van der Waals surface area (Å²) in [5.74, 6) is 0. The van der Waals surface area contributed by atoms with Crippen molar-refractivity contribution in [1.82, 2.24) is 5.32 Å². The van der Waals surface area contributed by atoms with Crippen LogP contribution in [0.5, 0.6) is 0 Å². The van der Waals surface area contributed by atoms with Crippen LogP contribution < -0.4 is 11.1 Å². The standard InChI is InChI=1S/C14H28N2/c1-13(8-9-13)11-16-12-14(10-15)6-4-2-3-5-7-14/h16H,2-12,15H2,1H3. The lowest BCUT2D eigenvalue weighted by atomic mass is 9.80.